The van der Waals surface area contributed by atoms with Gasteiger partial charge in [-0.15, -0.1) is 0 Å². The third kappa shape index (κ3) is 3.43. The molecule has 1 amide bonds. The number of carbonyl (C=O) groups is 1. The molecular formula is C15H17N3O4S. The number of likely N-dealkylation sites (tertiary alicyclic amines) is 1. The lowest BCUT2D eigenvalue weighted by Gasteiger charge is -2.44. The second-order valence-electron chi connectivity index (χ2n) is 5.55. The molecule has 1 fully saturated rings. The first-order valence-electron chi connectivity index (χ1n) is 7.12. The van der Waals surface area contributed by atoms with Gasteiger partial charge in [-0.05, 0) is 17.7 Å². The smallest absolute Gasteiger partial charge is 0.257 e. The summed E-state index contributed by atoms with van der Waals surface area (Å²) < 4.78 is 30.4. The van der Waals surface area contributed by atoms with Crippen LogP contribution in [-0.4, -0.2) is 53.9 Å². The summed E-state index contributed by atoms with van der Waals surface area (Å²) in [6.45, 7) is 1.000. The van der Waals surface area contributed by atoms with Crippen LogP contribution in [0.15, 0.2) is 47.5 Å². The van der Waals surface area contributed by atoms with Gasteiger partial charge in [0.15, 0.2) is 0 Å². The van der Waals surface area contributed by atoms with E-state index < -0.39 is 10.0 Å². The van der Waals surface area contributed by atoms with Crippen molar-refractivity contribution in [3.05, 3.63) is 54.2 Å². The maximum absolute atomic E-state index is 12.2. The lowest BCUT2D eigenvalue weighted by Crippen LogP contribution is -2.61. The number of nitrogens with zero attached hydrogens (tertiary/aromatic N) is 3. The van der Waals surface area contributed by atoms with Gasteiger partial charge >= 0.3 is 0 Å². The fourth-order valence-corrected chi connectivity index (χ4v) is 3.62. The average Bonchev–Trinajstić information content (AvgIpc) is 2.98. The van der Waals surface area contributed by atoms with E-state index >= 15 is 0 Å². The van der Waals surface area contributed by atoms with Crippen molar-refractivity contribution in [1.82, 2.24) is 14.2 Å². The van der Waals surface area contributed by atoms with Crippen LogP contribution in [0.3, 0.4) is 0 Å². The van der Waals surface area contributed by atoms with Gasteiger partial charge in [0.1, 0.15) is 6.26 Å². The van der Waals surface area contributed by atoms with E-state index in [1.165, 1.54) is 23.1 Å². The summed E-state index contributed by atoms with van der Waals surface area (Å²) in [5.41, 5.74) is 1.29. The van der Waals surface area contributed by atoms with Gasteiger partial charge < -0.3 is 9.32 Å². The highest BCUT2D eigenvalue weighted by Crippen LogP contribution is 2.22. The van der Waals surface area contributed by atoms with Crippen LogP contribution in [-0.2, 0) is 16.6 Å². The minimum absolute atomic E-state index is 0.148. The molecule has 0 N–H and O–H groups in total. The molecule has 2 aromatic rings. The molecule has 2 aromatic heterocycles. The highest BCUT2D eigenvalue weighted by Gasteiger charge is 2.39. The molecule has 0 radical (unpaired) electrons. The van der Waals surface area contributed by atoms with Crippen LogP contribution in [0.1, 0.15) is 15.9 Å². The number of hydrogen-bond donors (Lipinski definition) is 0. The molecule has 1 saturated heterocycles. The number of pyridine rings is 1. The predicted molar refractivity (Wildman–Crippen MR) is 83.0 cm³/mol. The van der Waals surface area contributed by atoms with Crippen LogP contribution >= 0.6 is 0 Å². The third-order valence-corrected chi connectivity index (χ3v) is 5.09. The number of hydrogen-bond acceptors (Lipinski definition) is 5. The van der Waals surface area contributed by atoms with Crippen molar-refractivity contribution in [2.75, 3.05) is 19.3 Å². The lowest BCUT2D eigenvalue weighted by molar-refractivity contribution is 0.0443. The van der Waals surface area contributed by atoms with Crippen LogP contribution in [0.5, 0.6) is 0 Å². The van der Waals surface area contributed by atoms with Crippen molar-refractivity contribution in [1.29, 1.82) is 0 Å². The van der Waals surface area contributed by atoms with Crippen LogP contribution in [0.25, 0.3) is 0 Å². The first-order valence-corrected chi connectivity index (χ1v) is 8.97. The highest BCUT2D eigenvalue weighted by molar-refractivity contribution is 7.88. The maximum Gasteiger partial charge on any atom is 0.257 e. The van der Waals surface area contributed by atoms with Gasteiger partial charge in [-0.1, -0.05) is 6.07 Å². The monoisotopic (exact) mass is 335 g/mol. The first-order chi connectivity index (χ1) is 10.9. The van der Waals surface area contributed by atoms with E-state index in [-0.39, 0.29) is 18.5 Å². The van der Waals surface area contributed by atoms with Gasteiger partial charge in [0.05, 0.1) is 24.1 Å². The largest absolute Gasteiger partial charge is 0.472 e. The maximum atomic E-state index is 12.2. The highest BCUT2D eigenvalue weighted by atomic mass is 32.2. The lowest BCUT2D eigenvalue weighted by atomic mass is 10.1. The van der Waals surface area contributed by atoms with E-state index in [1.807, 2.05) is 6.07 Å². The van der Waals surface area contributed by atoms with Gasteiger partial charge in [0.2, 0.25) is 10.0 Å². The molecule has 0 atom stereocenters. The molecule has 1 aliphatic rings. The van der Waals surface area contributed by atoms with Crippen LogP contribution in [0.2, 0.25) is 0 Å². The molecule has 0 bridgehead atoms. The fraction of sp³-hybridized carbons (Fsp3) is 0.333. The number of carbonyl (C=O) groups excluding carboxylic acids is 1. The van der Waals surface area contributed by atoms with Crippen LogP contribution in [0, 0.1) is 0 Å². The Bertz CT molecular complexity index is 768. The van der Waals surface area contributed by atoms with Crippen molar-refractivity contribution in [3.8, 4) is 0 Å². The number of aromatic nitrogens is 1. The summed E-state index contributed by atoms with van der Waals surface area (Å²) in [7, 11) is -3.38. The summed E-state index contributed by atoms with van der Waals surface area (Å²) in [5.74, 6) is -0.148. The number of amides is 1. The molecule has 0 unspecified atom stereocenters. The summed E-state index contributed by atoms with van der Waals surface area (Å²) in [5, 5.41) is 0. The van der Waals surface area contributed by atoms with E-state index in [0.29, 0.717) is 18.7 Å². The Balaban J connectivity index is 1.68. The molecule has 0 saturated carbocycles. The molecule has 3 rings (SSSR count). The van der Waals surface area contributed by atoms with Crippen molar-refractivity contribution in [2.45, 2.75) is 12.6 Å². The van der Waals surface area contributed by atoms with Gasteiger partial charge in [0, 0.05) is 32.0 Å². The summed E-state index contributed by atoms with van der Waals surface area (Å²) in [6.07, 6.45) is 7.30. The minimum Gasteiger partial charge on any atom is -0.472 e. The summed E-state index contributed by atoms with van der Waals surface area (Å²) in [4.78, 5) is 17.8. The zero-order chi connectivity index (χ0) is 16.4. The average molecular weight is 335 g/mol. The Labute approximate surface area is 134 Å². The minimum atomic E-state index is -3.38. The molecule has 122 valence electrons. The summed E-state index contributed by atoms with van der Waals surface area (Å²) in [6, 6.07) is 4.98. The van der Waals surface area contributed by atoms with Crippen molar-refractivity contribution in [2.24, 2.45) is 0 Å². The van der Waals surface area contributed by atoms with Crippen molar-refractivity contribution in [3.63, 3.8) is 0 Å². The van der Waals surface area contributed by atoms with E-state index in [0.717, 1.165) is 5.56 Å². The Morgan fingerprint density at radius 1 is 1.43 bits per heavy atom. The second kappa shape index (κ2) is 6.13. The number of sulfonamides is 1. The first kappa shape index (κ1) is 15.7. The molecule has 1 aliphatic heterocycles. The molecule has 7 nitrogen and oxygen atoms in total. The van der Waals surface area contributed by atoms with E-state index in [2.05, 4.69) is 4.98 Å². The molecule has 3 heterocycles. The quantitative estimate of drug-likeness (QED) is 0.813. The Kier molecular flexibility index (Phi) is 4.18. The molecule has 8 heteroatoms. The van der Waals surface area contributed by atoms with E-state index in [1.54, 1.807) is 29.4 Å². The molecule has 0 aliphatic carbocycles. The molecule has 23 heavy (non-hydrogen) atoms. The number of furan rings is 1. The standard InChI is InChI=1S/C15H17N3O4S/c1-23(20,21)18(8-12-3-2-5-16-7-12)14-9-17(10-14)15(19)13-4-6-22-11-13/h2-7,11,14H,8-10H2,1H3. The van der Waals surface area contributed by atoms with E-state index in [9.17, 15) is 13.2 Å². The summed E-state index contributed by atoms with van der Waals surface area (Å²) >= 11 is 0. The van der Waals surface area contributed by atoms with Crippen LogP contribution < -0.4 is 0 Å². The Hall–Kier alpha value is -2.19. The number of rotatable bonds is 5. The van der Waals surface area contributed by atoms with Gasteiger partial charge in [-0.3, -0.25) is 9.78 Å². The van der Waals surface area contributed by atoms with Crippen molar-refractivity contribution < 1.29 is 17.6 Å². The Morgan fingerprint density at radius 2 is 2.22 bits per heavy atom. The van der Waals surface area contributed by atoms with Crippen LogP contribution in [0.4, 0.5) is 0 Å². The zero-order valence-corrected chi connectivity index (χ0v) is 13.4. The SMILES string of the molecule is CS(=O)(=O)N(Cc1cccnc1)C1CN(C(=O)c2ccoc2)C1. The van der Waals surface area contributed by atoms with Gasteiger partial charge in [-0.25, -0.2) is 8.42 Å². The third-order valence-electron chi connectivity index (χ3n) is 3.81. The fourth-order valence-electron chi connectivity index (χ4n) is 2.56. The topological polar surface area (TPSA) is 83.7 Å². The molecule has 0 spiro atoms. The van der Waals surface area contributed by atoms with Gasteiger partial charge in [0.25, 0.3) is 5.91 Å². The normalized spacial score (nSPS) is 15.7. The zero-order valence-electron chi connectivity index (χ0n) is 12.6. The molecular weight excluding hydrogens is 318 g/mol. The van der Waals surface area contributed by atoms with Gasteiger partial charge in [-0.2, -0.15) is 4.31 Å². The van der Waals surface area contributed by atoms with Crippen molar-refractivity contribution >= 4 is 15.9 Å². The van der Waals surface area contributed by atoms with E-state index in [4.69, 9.17) is 4.42 Å². The predicted octanol–water partition coefficient (Wildman–Crippen LogP) is 0.961. The Morgan fingerprint density at radius 3 is 2.78 bits per heavy atom. The molecule has 0 aromatic carbocycles. The second-order valence-corrected chi connectivity index (χ2v) is 7.48.